The van der Waals surface area contributed by atoms with Crippen LogP contribution in [0.4, 0.5) is 5.69 Å². The van der Waals surface area contributed by atoms with Gasteiger partial charge in [0, 0.05) is 11.6 Å². The minimum Gasteiger partial charge on any atom is -0.396 e. The molecule has 2 rings (SSSR count). The summed E-state index contributed by atoms with van der Waals surface area (Å²) in [7, 11) is 0. The molecule has 1 aromatic rings. The van der Waals surface area contributed by atoms with Gasteiger partial charge >= 0.3 is 0 Å². The summed E-state index contributed by atoms with van der Waals surface area (Å²) < 4.78 is 0. The Morgan fingerprint density at radius 3 is 2.18 bits per heavy atom. The summed E-state index contributed by atoms with van der Waals surface area (Å²) in [5.41, 5.74) is 0.774. The molecule has 0 radical (unpaired) electrons. The lowest BCUT2D eigenvalue weighted by atomic mass is 10.0. The van der Waals surface area contributed by atoms with Crippen LogP contribution in [-0.2, 0) is 0 Å². The average Bonchev–Trinajstić information content (AvgIpc) is 2.55. The zero-order chi connectivity index (χ0) is 12.4. The molecule has 1 aliphatic rings. The van der Waals surface area contributed by atoms with E-state index in [1.165, 1.54) is 0 Å². The van der Waals surface area contributed by atoms with Crippen LogP contribution in [0.15, 0.2) is 30.3 Å². The summed E-state index contributed by atoms with van der Waals surface area (Å²) >= 11 is 0. The summed E-state index contributed by atoms with van der Waals surface area (Å²) in [6, 6.07) is 8.61. The Hall–Kier alpha value is -1.14. The third-order valence-electron chi connectivity index (χ3n) is 3.29. The van der Waals surface area contributed by atoms with E-state index >= 15 is 0 Å². The van der Waals surface area contributed by atoms with Gasteiger partial charge in [0.2, 0.25) is 0 Å². The highest BCUT2D eigenvalue weighted by Gasteiger charge is 2.48. The van der Waals surface area contributed by atoms with E-state index in [4.69, 9.17) is 0 Å². The summed E-state index contributed by atoms with van der Waals surface area (Å²) in [4.78, 5) is 0. The fourth-order valence-electron chi connectivity index (χ4n) is 2.27. The predicted octanol–water partition coefficient (Wildman–Crippen LogP) is -0.828. The molecule has 94 valence electrons. The predicted molar refractivity (Wildman–Crippen MR) is 62.4 cm³/mol. The van der Waals surface area contributed by atoms with Crippen LogP contribution in [0.3, 0.4) is 0 Å². The zero-order valence-electron chi connectivity index (χ0n) is 9.27. The van der Waals surface area contributed by atoms with Gasteiger partial charge in [0.05, 0.1) is 18.8 Å². The summed E-state index contributed by atoms with van der Waals surface area (Å²) in [5.74, 6) is -0.583. The van der Waals surface area contributed by atoms with E-state index in [0.717, 1.165) is 5.69 Å². The molecule has 1 aliphatic carbocycles. The van der Waals surface area contributed by atoms with Crippen molar-refractivity contribution in [3.8, 4) is 0 Å². The van der Waals surface area contributed by atoms with Gasteiger partial charge in [-0.3, -0.25) is 0 Å². The molecule has 0 aromatic heterocycles. The first-order valence-electron chi connectivity index (χ1n) is 5.62. The molecule has 0 aliphatic heterocycles. The minimum atomic E-state index is -1.23. The Morgan fingerprint density at radius 1 is 0.941 bits per heavy atom. The second kappa shape index (κ2) is 5.01. The number of hydrogen-bond donors (Lipinski definition) is 5. The first-order valence-corrected chi connectivity index (χ1v) is 5.62. The van der Waals surface area contributed by atoms with Gasteiger partial charge in [-0.2, -0.15) is 0 Å². The molecule has 5 heteroatoms. The second-order valence-electron chi connectivity index (χ2n) is 4.35. The van der Waals surface area contributed by atoms with Crippen molar-refractivity contribution < 1.29 is 20.4 Å². The molecule has 5 N–H and O–H groups in total. The molecule has 0 unspecified atom stereocenters. The Labute approximate surface area is 99.3 Å². The van der Waals surface area contributed by atoms with Gasteiger partial charge in [0.1, 0.15) is 12.2 Å². The first-order chi connectivity index (χ1) is 8.15. The molecular formula is C12H17NO4. The normalized spacial score (nSPS) is 37.1. The van der Waals surface area contributed by atoms with Gasteiger partial charge < -0.3 is 25.7 Å². The van der Waals surface area contributed by atoms with Gasteiger partial charge in [-0.15, -0.1) is 0 Å². The minimum absolute atomic E-state index is 0.292. The smallest absolute Gasteiger partial charge is 0.108 e. The highest BCUT2D eigenvalue weighted by atomic mass is 16.4. The Bertz CT molecular complexity index is 359. The van der Waals surface area contributed by atoms with Crippen LogP contribution in [0, 0.1) is 5.92 Å². The van der Waals surface area contributed by atoms with E-state index in [9.17, 15) is 20.4 Å². The molecule has 1 aromatic carbocycles. The van der Waals surface area contributed by atoms with E-state index in [1.807, 2.05) is 30.3 Å². The maximum atomic E-state index is 9.81. The summed E-state index contributed by atoms with van der Waals surface area (Å²) in [6.07, 6.45) is -3.44. The number of benzene rings is 1. The summed E-state index contributed by atoms with van der Waals surface area (Å²) in [5, 5.41) is 41.3. The lowest BCUT2D eigenvalue weighted by Crippen LogP contribution is -2.38. The molecule has 0 amide bonds. The number of aliphatic hydroxyl groups excluding tert-OH is 4. The number of nitrogens with one attached hydrogen (secondary N) is 1. The molecule has 0 bridgehead atoms. The highest BCUT2D eigenvalue weighted by molar-refractivity contribution is 5.44. The van der Waals surface area contributed by atoms with Gasteiger partial charge in [-0.1, -0.05) is 18.2 Å². The van der Waals surface area contributed by atoms with Crippen LogP contribution in [0.1, 0.15) is 0 Å². The fourth-order valence-corrected chi connectivity index (χ4v) is 2.27. The molecule has 0 spiro atoms. The third kappa shape index (κ3) is 2.28. The van der Waals surface area contributed by atoms with Crippen molar-refractivity contribution in [2.75, 3.05) is 11.9 Å². The van der Waals surface area contributed by atoms with E-state index in [0.29, 0.717) is 0 Å². The topological polar surface area (TPSA) is 93.0 Å². The second-order valence-corrected chi connectivity index (χ2v) is 4.35. The maximum absolute atomic E-state index is 9.81. The SMILES string of the molecule is OC[C@@H]1[C@H](O)[C@H](O)[C@@H](O)[C@@H]1Nc1ccccc1. The van der Waals surface area contributed by atoms with Crippen LogP contribution in [-0.4, -0.2) is 51.4 Å². The number of aliphatic hydroxyl groups is 4. The van der Waals surface area contributed by atoms with E-state index in [-0.39, 0.29) is 6.61 Å². The molecule has 0 saturated heterocycles. The van der Waals surface area contributed by atoms with E-state index < -0.39 is 30.3 Å². The maximum Gasteiger partial charge on any atom is 0.108 e. The zero-order valence-corrected chi connectivity index (χ0v) is 9.27. The molecular weight excluding hydrogens is 222 g/mol. The Kier molecular flexibility index (Phi) is 3.63. The number of anilines is 1. The van der Waals surface area contributed by atoms with Gasteiger partial charge in [0.15, 0.2) is 0 Å². The van der Waals surface area contributed by atoms with Crippen LogP contribution >= 0.6 is 0 Å². The Morgan fingerprint density at radius 2 is 1.59 bits per heavy atom. The molecule has 1 fully saturated rings. The quantitative estimate of drug-likeness (QED) is 0.475. The van der Waals surface area contributed by atoms with Gasteiger partial charge in [-0.05, 0) is 12.1 Å². The van der Waals surface area contributed by atoms with Crippen LogP contribution in [0.25, 0.3) is 0 Å². The van der Waals surface area contributed by atoms with Crippen LogP contribution in [0.5, 0.6) is 0 Å². The van der Waals surface area contributed by atoms with Crippen molar-refractivity contribution in [3.63, 3.8) is 0 Å². The molecule has 1 saturated carbocycles. The number of hydrogen-bond acceptors (Lipinski definition) is 5. The van der Waals surface area contributed by atoms with Crippen molar-refractivity contribution in [1.82, 2.24) is 0 Å². The third-order valence-corrected chi connectivity index (χ3v) is 3.29. The molecule has 0 heterocycles. The van der Waals surface area contributed by atoms with Crippen molar-refractivity contribution in [3.05, 3.63) is 30.3 Å². The molecule has 5 nitrogen and oxygen atoms in total. The molecule has 17 heavy (non-hydrogen) atoms. The highest BCUT2D eigenvalue weighted by Crippen LogP contribution is 2.29. The van der Waals surface area contributed by atoms with Gasteiger partial charge in [-0.25, -0.2) is 0 Å². The van der Waals surface area contributed by atoms with Gasteiger partial charge in [0.25, 0.3) is 0 Å². The largest absolute Gasteiger partial charge is 0.396 e. The lowest BCUT2D eigenvalue weighted by Gasteiger charge is -2.23. The van der Waals surface area contributed by atoms with Crippen molar-refractivity contribution >= 4 is 5.69 Å². The standard InChI is InChI=1S/C12H17NO4/c14-6-8-9(11(16)12(17)10(8)15)13-7-4-2-1-3-5-7/h1-5,8-17H,6H2/t8-,9+,10-,11-,12-/m0/s1. The number of rotatable bonds is 3. The molecule has 5 atom stereocenters. The number of para-hydroxylation sites is 1. The van der Waals surface area contributed by atoms with Crippen LogP contribution < -0.4 is 5.32 Å². The van der Waals surface area contributed by atoms with Crippen molar-refractivity contribution in [1.29, 1.82) is 0 Å². The van der Waals surface area contributed by atoms with E-state index in [2.05, 4.69) is 5.32 Å². The van der Waals surface area contributed by atoms with Crippen molar-refractivity contribution in [2.24, 2.45) is 5.92 Å². The monoisotopic (exact) mass is 239 g/mol. The summed E-state index contributed by atoms with van der Waals surface area (Å²) in [6.45, 7) is -0.292. The van der Waals surface area contributed by atoms with Crippen LogP contribution in [0.2, 0.25) is 0 Å². The average molecular weight is 239 g/mol. The van der Waals surface area contributed by atoms with Crippen molar-refractivity contribution in [2.45, 2.75) is 24.4 Å². The first kappa shape index (κ1) is 12.3. The lowest BCUT2D eigenvalue weighted by molar-refractivity contribution is -0.0305. The van der Waals surface area contributed by atoms with E-state index in [1.54, 1.807) is 0 Å². The fraction of sp³-hybridized carbons (Fsp3) is 0.500. The Balaban J connectivity index is 2.14.